The van der Waals surface area contributed by atoms with Crippen LogP contribution in [0, 0.1) is 11.3 Å². The molecule has 4 heteroatoms. The zero-order valence-corrected chi connectivity index (χ0v) is 11.7. The lowest BCUT2D eigenvalue weighted by Gasteiger charge is -2.26. The fraction of sp³-hybridized carbons (Fsp3) is 0.714. The SMILES string of the molecule is CC(C)(C)C1CCN(c2ncc(CCN)cn2)C1. The van der Waals surface area contributed by atoms with Gasteiger partial charge in [-0.05, 0) is 36.3 Å². The first-order valence-corrected chi connectivity index (χ1v) is 6.76. The van der Waals surface area contributed by atoms with Gasteiger partial charge in [0.1, 0.15) is 0 Å². The molecule has 2 N–H and O–H groups in total. The molecule has 0 saturated carbocycles. The highest BCUT2D eigenvalue weighted by Gasteiger charge is 2.32. The van der Waals surface area contributed by atoms with Crippen LogP contribution < -0.4 is 10.6 Å². The van der Waals surface area contributed by atoms with E-state index in [4.69, 9.17) is 5.73 Å². The van der Waals surface area contributed by atoms with E-state index in [0.29, 0.717) is 12.0 Å². The Hall–Kier alpha value is -1.16. The van der Waals surface area contributed by atoms with Gasteiger partial charge in [-0.15, -0.1) is 0 Å². The average Bonchev–Trinajstić information content (AvgIpc) is 2.79. The average molecular weight is 248 g/mol. The Bertz CT molecular complexity index is 380. The largest absolute Gasteiger partial charge is 0.341 e. The molecule has 18 heavy (non-hydrogen) atoms. The van der Waals surface area contributed by atoms with E-state index in [0.717, 1.165) is 36.9 Å². The maximum Gasteiger partial charge on any atom is 0.225 e. The van der Waals surface area contributed by atoms with Crippen LogP contribution in [0.15, 0.2) is 12.4 Å². The van der Waals surface area contributed by atoms with Crippen LogP contribution >= 0.6 is 0 Å². The van der Waals surface area contributed by atoms with Crippen molar-refractivity contribution in [3.05, 3.63) is 18.0 Å². The summed E-state index contributed by atoms with van der Waals surface area (Å²) in [6, 6.07) is 0. The first-order valence-electron chi connectivity index (χ1n) is 6.76. The van der Waals surface area contributed by atoms with Crippen molar-refractivity contribution >= 4 is 5.95 Å². The van der Waals surface area contributed by atoms with E-state index in [1.807, 2.05) is 12.4 Å². The maximum absolute atomic E-state index is 5.52. The van der Waals surface area contributed by atoms with Crippen LogP contribution in [-0.4, -0.2) is 29.6 Å². The number of nitrogens with zero attached hydrogens (tertiary/aromatic N) is 3. The third kappa shape index (κ3) is 2.99. The number of nitrogens with two attached hydrogens (primary N) is 1. The molecule has 2 rings (SSSR count). The van der Waals surface area contributed by atoms with Gasteiger partial charge in [0.25, 0.3) is 0 Å². The molecule has 1 unspecified atom stereocenters. The van der Waals surface area contributed by atoms with Crippen molar-refractivity contribution in [3.63, 3.8) is 0 Å². The summed E-state index contributed by atoms with van der Waals surface area (Å²) in [7, 11) is 0. The van der Waals surface area contributed by atoms with Gasteiger partial charge in [-0.1, -0.05) is 20.8 Å². The highest BCUT2D eigenvalue weighted by molar-refractivity contribution is 5.32. The van der Waals surface area contributed by atoms with Crippen LogP contribution in [0.5, 0.6) is 0 Å². The van der Waals surface area contributed by atoms with Gasteiger partial charge in [-0.25, -0.2) is 9.97 Å². The van der Waals surface area contributed by atoms with Gasteiger partial charge in [-0.2, -0.15) is 0 Å². The van der Waals surface area contributed by atoms with Crippen molar-refractivity contribution in [1.29, 1.82) is 0 Å². The van der Waals surface area contributed by atoms with Crippen LogP contribution in [0.4, 0.5) is 5.95 Å². The van der Waals surface area contributed by atoms with Crippen molar-refractivity contribution < 1.29 is 0 Å². The Kier molecular flexibility index (Phi) is 3.85. The first kappa shape index (κ1) is 13.3. The predicted octanol–water partition coefficient (Wildman–Crippen LogP) is 1.85. The van der Waals surface area contributed by atoms with E-state index in [1.165, 1.54) is 6.42 Å². The molecule has 1 atom stereocenters. The summed E-state index contributed by atoms with van der Waals surface area (Å²) in [5.74, 6) is 1.59. The molecule has 1 fully saturated rings. The molecular weight excluding hydrogens is 224 g/mol. The highest BCUT2D eigenvalue weighted by atomic mass is 15.3. The molecule has 1 aliphatic heterocycles. The number of hydrogen-bond acceptors (Lipinski definition) is 4. The van der Waals surface area contributed by atoms with Gasteiger partial charge in [0, 0.05) is 25.5 Å². The van der Waals surface area contributed by atoms with E-state index in [1.54, 1.807) is 0 Å². The minimum absolute atomic E-state index is 0.369. The van der Waals surface area contributed by atoms with E-state index >= 15 is 0 Å². The Morgan fingerprint density at radius 3 is 2.50 bits per heavy atom. The Morgan fingerprint density at radius 1 is 1.33 bits per heavy atom. The third-order valence-corrected chi connectivity index (χ3v) is 3.82. The lowest BCUT2D eigenvalue weighted by molar-refractivity contribution is 0.263. The summed E-state index contributed by atoms with van der Waals surface area (Å²) >= 11 is 0. The minimum Gasteiger partial charge on any atom is -0.341 e. The first-order chi connectivity index (χ1) is 8.50. The summed E-state index contributed by atoms with van der Waals surface area (Å²) in [5, 5.41) is 0. The normalized spacial score (nSPS) is 20.4. The number of rotatable bonds is 3. The second-order valence-electron chi connectivity index (χ2n) is 6.23. The molecule has 4 nitrogen and oxygen atoms in total. The fourth-order valence-electron chi connectivity index (χ4n) is 2.46. The summed E-state index contributed by atoms with van der Waals surface area (Å²) in [6.07, 6.45) is 5.89. The van der Waals surface area contributed by atoms with E-state index < -0.39 is 0 Å². The Balaban J connectivity index is 2.01. The molecule has 0 bridgehead atoms. The van der Waals surface area contributed by atoms with Crippen molar-refractivity contribution in [2.24, 2.45) is 17.1 Å². The van der Waals surface area contributed by atoms with Gasteiger partial charge >= 0.3 is 0 Å². The smallest absolute Gasteiger partial charge is 0.225 e. The highest BCUT2D eigenvalue weighted by Crippen LogP contribution is 2.34. The zero-order chi connectivity index (χ0) is 13.2. The van der Waals surface area contributed by atoms with Crippen LogP contribution in [0.25, 0.3) is 0 Å². The number of aromatic nitrogens is 2. The Labute approximate surface area is 110 Å². The Morgan fingerprint density at radius 2 is 2.00 bits per heavy atom. The van der Waals surface area contributed by atoms with Gasteiger partial charge in [0.05, 0.1) is 0 Å². The van der Waals surface area contributed by atoms with Crippen molar-refractivity contribution in [2.45, 2.75) is 33.6 Å². The molecule has 0 aliphatic carbocycles. The monoisotopic (exact) mass is 248 g/mol. The van der Waals surface area contributed by atoms with Crippen molar-refractivity contribution in [1.82, 2.24) is 9.97 Å². The van der Waals surface area contributed by atoms with Gasteiger partial charge in [0.2, 0.25) is 5.95 Å². The molecule has 0 radical (unpaired) electrons. The molecular formula is C14H24N4. The minimum atomic E-state index is 0.369. The molecule has 1 saturated heterocycles. The molecule has 1 aromatic heterocycles. The number of anilines is 1. The van der Waals surface area contributed by atoms with Crippen molar-refractivity contribution in [2.75, 3.05) is 24.5 Å². The second-order valence-corrected chi connectivity index (χ2v) is 6.23. The van der Waals surface area contributed by atoms with Crippen molar-refractivity contribution in [3.8, 4) is 0 Å². The van der Waals surface area contributed by atoms with E-state index in [9.17, 15) is 0 Å². The standard InChI is InChI=1S/C14H24N4/c1-14(2,3)12-5-7-18(10-12)13-16-8-11(4-6-15)9-17-13/h8-9,12H,4-7,10,15H2,1-3H3. The van der Waals surface area contributed by atoms with Gasteiger partial charge in [0.15, 0.2) is 0 Å². The lowest BCUT2D eigenvalue weighted by atomic mass is 9.80. The fourth-order valence-corrected chi connectivity index (χ4v) is 2.46. The molecule has 0 spiro atoms. The maximum atomic E-state index is 5.52. The van der Waals surface area contributed by atoms with Crippen LogP contribution in [0.2, 0.25) is 0 Å². The molecule has 1 aliphatic rings. The third-order valence-electron chi connectivity index (χ3n) is 3.82. The summed E-state index contributed by atoms with van der Waals surface area (Å²) in [5.41, 5.74) is 7.01. The van der Waals surface area contributed by atoms with Gasteiger partial charge in [-0.3, -0.25) is 0 Å². The topological polar surface area (TPSA) is 55.0 Å². The zero-order valence-electron chi connectivity index (χ0n) is 11.7. The number of hydrogen-bond donors (Lipinski definition) is 1. The van der Waals surface area contributed by atoms with Crippen LogP contribution in [-0.2, 0) is 6.42 Å². The van der Waals surface area contributed by atoms with E-state index in [-0.39, 0.29) is 0 Å². The molecule has 0 aromatic carbocycles. The van der Waals surface area contributed by atoms with Crippen LogP contribution in [0.1, 0.15) is 32.8 Å². The summed E-state index contributed by atoms with van der Waals surface area (Å²) < 4.78 is 0. The quantitative estimate of drug-likeness (QED) is 0.887. The summed E-state index contributed by atoms with van der Waals surface area (Å²) in [6.45, 7) is 9.72. The van der Waals surface area contributed by atoms with E-state index in [2.05, 4.69) is 35.6 Å². The summed E-state index contributed by atoms with van der Waals surface area (Å²) in [4.78, 5) is 11.2. The second kappa shape index (κ2) is 5.22. The molecule has 0 amide bonds. The molecule has 1 aromatic rings. The predicted molar refractivity (Wildman–Crippen MR) is 74.6 cm³/mol. The molecule has 100 valence electrons. The molecule has 2 heterocycles. The lowest BCUT2D eigenvalue weighted by Crippen LogP contribution is -2.27. The van der Waals surface area contributed by atoms with Crippen LogP contribution in [0.3, 0.4) is 0 Å². The van der Waals surface area contributed by atoms with Gasteiger partial charge < -0.3 is 10.6 Å².